The first-order chi connectivity index (χ1) is 6.29. The first-order valence-corrected chi connectivity index (χ1v) is 4.71. The van der Waals surface area contributed by atoms with Gasteiger partial charge in [0.15, 0.2) is 0 Å². The van der Waals surface area contributed by atoms with Crippen molar-refractivity contribution in [3.8, 4) is 0 Å². The molecule has 0 amide bonds. The summed E-state index contributed by atoms with van der Waals surface area (Å²) in [5.74, 6) is -0.0150. The second-order valence-electron chi connectivity index (χ2n) is 3.66. The van der Waals surface area contributed by atoms with Gasteiger partial charge in [0, 0.05) is 5.56 Å². The van der Waals surface area contributed by atoms with Crippen LogP contribution in [0.25, 0.3) is 0 Å². The Kier molecular flexibility index (Phi) is 2.32. The summed E-state index contributed by atoms with van der Waals surface area (Å²) in [5.41, 5.74) is 0.451. The Labute approximate surface area is 77.2 Å². The molecule has 2 heteroatoms. The molecule has 1 nitrogen and oxygen atoms in total. The van der Waals surface area contributed by atoms with Crippen LogP contribution in [0.2, 0.25) is 0 Å². The van der Waals surface area contributed by atoms with Gasteiger partial charge in [-0.2, -0.15) is 0 Å². The average Bonchev–Trinajstić information content (AvgIpc) is 2.01. The predicted octanol–water partition coefficient (Wildman–Crippen LogP) is 2.66. The van der Waals surface area contributed by atoms with Crippen molar-refractivity contribution in [1.82, 2.24) is 0 Å². The molecule has 0 spiro atoms. The summed E-state index contributed by atoms with van der Waals surface area (Å²) in [6.45, 7) is 0. The van der Waals surface area contributed by atoms with Crippen molar-refractivity contribution >= 4 is 0 Å². The highest BCUT2D eigenvalue weighted by molar-refractivity contribution is 5.20. The van der Waals surface area contributed by atoms with Gasteiger partial charge in [-0.3, -0.25) is 0 Å². The van der Waals surface area contributed by atoms with E-state index in [4.69, 9.17) is 0 Å². The van der Waals surface area contributed by atoms with Gasteiger partial charge in [-0.25, -0.2) is 4.39 Å². The molecule has 1 aliphatic carbocycles. The molecule has 0 unspecified atom stereocenters. The fourth-order valence-corrected chi connectivity index (χ4v) is 1.72. The molecule has 0 saturated heterocycles. The van der Waals surface area contributed by atoms with E-state index in [0.717, 1.165) is 19.3 Å². The number of rotatable bonds is 2. The molecule has 2 rings (SSSR count). The van der Waals surface area contributed by atoms with E-state index < -0.39 is 6.10 Å². The first-order valence-electron chi connectivity index (χ1n) is 4.71. The van der Waals surface area contributed by atoms with Gasteiger partial charge in [0.2, 0.25) is 0 Å². The van der Waals surface area contributed by atoms with Gasteiger partial charge in [0.05, 0.1) is 6.10 Å². The monoisotopic (exact) mass is 180 g/mol. The SMILES string of the molecule is O[C@H](c1ccccc1F)C1CCC1. The van der Waals surface area contributed by atoms with Crippen LogP contribution in [-0.4, -0.2) is 5.11 Å². The molecule has 1 aromatic carbocycles. The summed E-state index contributed by atoms with van der Waals surface area (Å²) in [6.07, 6.45) is 2.61. The van der Waals surface area contributed by atoms with Crippen molar-refractivity contribution in [2.24, 2.45) is 5.92 Å². The van der Waals surface area contributed by atoms with Gasteiger partial charge in [0.1, 0.15) is 5.82 Å². The number of hydrogen-bond acceptors (Lipinski definition) is 1. The number of aliphatic hydroxyl groups is 1. The van der Waals surface area contributed by atoms with Crippen molar-refractivity contribution in [2.45, 2.75) is 25.4 Å². The van der Waals surface area contributed by atoms with E-state index in [-0.39, 0.29) is 11.7 Å². The lowest BCUT2D eigenvalue weighted by molar-refractivity contribution is 0.0592. The van der Waals surface area contributed by atoms with Crippen molar-refractivity contribution in [3.05, 3.63) is 35.6 Å². The molecule has 1 fully saturated rings. The molecular formula is C11H13FO. The normalized spacial score (nSPS) is 19.5. The van der Waals surface area contributed by atoms with Crippen molar-refractivity contribution < 1.29 is 9.50 Å². The largest absolute Gasteiger partial charge is 0.388 e. The minimum absolute atomic E-state index is 0.275. The van der Waals surface area contributed by atoms with Crippen LogP contribution in [0.4, 0.5) is 4.39 Å². The number of aliphatic hydroxyl groups excluding tert-OH is 1. The number of hydrogen-bond donors (Lipinski definition) is 1. The second kappa shape index (κ2) is 3.46. The molecule has 70 valence electrons. The Hall–Kier alpha value is -0.890. The Bertz CT molecular complexity index is 294. The predicted molar refractivity (Wildman–Crippen MR) is 48.7 cm³/mol. The van der Waals surface area contributed by atoms with Crippen LogP contribution in [-0.2, 0) is 0 Å². The molecule has 1 N–H and O–H groups in total. The van der Waals surface area contributed by atoms with Gasteiger partial charge in [-0.1, -0.05) is 24.6 Å². The smallest absolute Gasteiger partial charge is 0.129 e. The van der Waals surface area contributed by atoms with E-state index >= 15 is 0 Å². The second-order valence-corrected chi connectivity index (χ2v) is 3.66. The van der Waals surface area contributed by atoms with Crippen molar-refractivity contribution in [1.29, 1.82) is 0 Å². The summed E-state index contributed by atoms with van der Waals surface area (Å²) in [5, 5.41) is 9.78. The van der Waals surface area contributed by atoms with Crippen LogP contribution in [0.3, 0.4) is 0 Å². The third-order valence-corrected chi connectivity index (χ3v) is 2.82. The minimum atomic E-state index is -0.602. The van der Waals surface area contributed by atoms with Crippen LogP contribution >= 0.6 is 0 Å². The maximum atomic E-state index is 13.2. The minimum Gasteiger partial charge on any atom is -0.388 e. The quantitative estimate of drug-likeness (QED) is 0.741. The highest BCUT2D eigenvalue weighted by Gasteiger charge is 2.28. The highest BCUT2D eigenvalue weighted by atomic mass is 19.1. The summed E-state index contributed by atoms with van der Waals surface area (Å²) >= 11 is 0. The van der Waals surface area contributed by atoms with Crippen molar-refractivity contribution in [3.63, 3.8) is 0 Å². The van der Waals surface area contributed by atoms with Gasteiger partial charge in [0.25, 0.3) is 0 Å². The average molecular weight is 180 g/mol. The summed E-state index contributed by atoms with van der Waals surface area (Å²) in [6, 6.07) is 6.47. The molecule has 13 heavy (non-hydrogen) atoms. The zero-order chi connectivity index (χ0) is 9.26. The topological polar surface area (TPSA) is 20.2 Å². The van der Waals surface area contributed by atoms with Crippen LogP contribution in [0.1, 0.15) is 30.9 Å². The molecule has 0 bridgehead atoms. The maximum Gasteiger partial charge on any atom is 0.129 e. The lowest BCUT2D eigenvalue weighted by atomic mass is 9.79. The standard InChI is InChI=1S/C11H13FO/c12-10-7-2-1-6-9(10)11(13)8-4-3-5-8/h1-2,6-8,11,13H,3-5H2/t11-/m0/s1. The van der Waals surface area contributed by atoms with Gasteiger partial charge < -0.3 is 5.11 Å². The fourth-order valence-electron chi connectivity index (χ4n) is 1.72. The fraction of sp³-hybridized carbons (Fsp3) is 0.455. The molecule has 0 radical (unpaired) electrons. The van der Waals surface area contributed by atoms with E-state index in [1.807, 2.05) is 0 Å². The third-order valence-electron chi connectivity index (χ3n) is 2.82. The van der Waals surface area contributed by atoms with E-state index in [1.54, 1.807) is 18.2 Å². The lowest BCUT2D eigenvalue weighted by Crippen LogP contribution is -2.20. The third kappa shape index (κ3) is 1.59. The Morgan fingerprint density at radius 2 is 2.00 bits per heavy atom. The molecule has 1 saturated carbocycles. The van der Waals surface area contributed by atoms with E-state index in [0.29, 0.717) is 5.56 Å². The summed E-state index contributed by atoms with van der Waals surface area (Å²) in [7, 11) is 0. The van der Waals surface area contributed by atoms with Crippen LogP contribution in [0, 0.1) is 11.7 Å². The zero-order valence-electron chi connectivity index (χ0n) is 7.41. The van der Waals surface area contributed by atoms with Crippen molar-refractivity contribution in [2.75, 3.05) is 0 Å². The van der Waals surface area contributed by atoms with E-state index in [1.165, 1.54) is 6.07 Å². The zero-order valence-corrected chi connectivity index (χ0v) is 7.41. The molecule has 1 aliphatic rings. The maximum absolute atomic E-state index is 13.2. The van der Waals surface area contributed by atoms with Gasteiger partial charge in [-0.15, -0.1) is 0 Å². The summed E-state index contributed by atoms with van der Waals surface area (Å²) in [4.78, 5) is 0. The number of halogens is 1. The van der Waals surface area contributed by atoms with E-state index in [2.05, 4.69) is 0 Å². The first kappa shape index (κ1) is 8.70. The molecule has 1 aromatic rings. The molecular weight excluding hydrogens is 167 g/mol. The Morgan fingerprint density at radius 3 is 2.54 bits per heavy atom. The van der Waals surface area contributed by atoms with Crippen LogP contribution in [0.5, 0.6) is 0 Å². The molecule has 0 aliphatic heterocycles. The molecule has 1 atom stereocenters. The Balaban J connectivity index is 2.18. The Morgan fingerprint density at radius 1 is 1.31 bits per heavy atom. The van der Waals surface area contributed by atoms with Gasteiger partial charge in [-0.05, 0) is 24.8 Å². The van der Waals surface area contributed by atoms with Gasteiger partial charge >= 0.3 is 0 Å². The van der Waals surface area contributed by atoms with Crippen LogP contribution < -0.4 is 0 Å². The molecule has 0 heterocycles. The highest BCUT2D eigenvalue weighted by Crippen LogP contribution is 2.38. The molecule has 0 aromatic heterocycles. The number of benzene rings is 1. The van der Waals surface area contributed by atoms with E-state index in [9.17, 15) is 9.50 Å². The summed E-state index contributed by atoms with van der Waals surface area (Å²) < 4.78 is 13.2. The lowest BCUT2D eigenvalue weighted by Gasteiger charge is -2.30. The van der Waals surface area contributed by atoms with Crippen LogP contribution in [0.15, 0.2) is 24.3 Å².